The molecule has 5 nitrogen and oxygen atoms in total. The average molecular weight is 314 g/mol. The monoisotopic (exact) mass is 314 g/mol. The van der Waals surface area contributed by atoms with Crippen LogP contribution in [-0.2, 0) is 11.2 Å². The number of ether oxygens (including phenoxy) is 1. The minimum absolute atomic E-state index is 0.291. The zero-order valence-electron chi connectivity index (χ0n) is 13.8. The van der Waals surface area contributed by atoms with Gasteiger partial charge in [0, 0.05) is 36.8 Å². The lowest BCUT2D eigenvalue weighted by Gasteiger charge is -2.12. The number of aliphatic imine (C=N–C) groups is 1. The van der Waals surface area contributed by atoms with Crippen molar-refractivity contribution < 1.29 is 4.74 Å². The van der Waals surface area contributed by atoms with Gasteiger partial charge in [-0.1, -0.05) is 18.2 Å². The average Bonchev–Trinajstić information content (AvgIpc) is 3.22. The van der Waals surface area contributed by atoms with Crippen LogP contribution < -0.4 is 10.6 Å². The van der Waals surface area contributed by atoms with Gasteiger partial charge in [0.1, 0.15) is 0 Å². The number of nitrogens with zero attached hydrogens (tertiary/aromatic N) is 1. The second kappa shape index (κ2) is 8.02. The van der Waals surface area contributed by atoms with Crippen molar-refractivity contribution in [2.45, 2.75) is 32.3 Å². The van der Waals surface area contributed by atoms with E-state index >= 15 is 0 Å². The molecule has 0 radical (unpaired) electrons. The van der Waals surface area contributed by atoms with Crippen molar-refractivity contribution in [2.75, 3.05) is 26.2 Å². The van der Waals surface area contributed by atoms with Crippen molar-refractivity contribution in [1.82, 2.24) is 15.6 Å². The van der Waals surface area contributed by atoms with E-state index in [1.54, 1.807) is 0 Å². The maximum absolute atomic E-state index is 5.63. The number of benzene rings is 1. The molecule has 1 aromatic heterocycles. The molecule has 1 atom stereocenters. The zero-order chi connectivity index (χ0) is 15.9. The quantitative estimate of drug-likeness (QED) is 0.567. The van der Waals surface area contributed by atoms with Crippen molar-refractivity contribution in [3.8, 4) is 0 Å². The Morgan fingerprint density at radius 1 is 1.35 bits per heavy atom. The number of hydrogen-bond acceptors (Lipinski definition) is 2. The molecule has 0 saturated carbocycles. The molecule has 1 aromatic carbocycles. The van der Waals surface area contributed by atoms with Crippen LogP contribution in [0.15, 0.2) is 35.5 Å². The summed E-state index contributed by atoms with van der Waals surface area (Å²) < 4.78 is 5.63. The van der Waals surface area contributed by atoms with Crippen molar-refractivity contribution in [2.24, 2.45) is 4.99 Å². The fourth-order valence-electron chi connectivity index (χ4n) is 2.98. The molecule has 3 rings (SSSR count). The van der Waals surface area contributed by atoms with Gasteiger partial charge in [-0.3, -0.25) is 4.99 Å². The van der Waals surface area contributed by atoms with E-state index in [9.17, 15) is 0 Å². The van der Waals surface area contributed by atoms with Crippen molar-refractivity contribution >= 4 is 16.9 Å². The maximum Gasteiger partial charge on any atom is 0.191 e. The third-order valence-corrected chi connectivity index (χ3v) is 4.18. The van der Waals surface area contributed by atoms with Gasteiger partial charge in [0.05, 0.1) is 12.6 Å². The van der Waals surface area contributed by atoms with Crippen LogP contribution in [0.4, 0.5) is 0 Å². The Bertz CT molecular complexity index is 643. The number of H-pyrrole nitrogens is 1. The summed E-state index contributed by atoms with van der Waals surface area (Å²) in [5.41, 5.74) is 2.53. The van der Waals surface area contributed by atoms with E-state index in [1.165, 1.54) is 16.5 Å². The molecular weight excluding hydrogens is 288 g/mol. The van der Waals surface area contributed by atoms with E-state index in [4.69, 9.17) is 4.74 Å². The number of para-hydroxylation sites is 1. The summed E-state index contributed by atoms with van der Waals surface area (Å²) in [5, 5.41) is 8.02. The van der Waals surface area contributed by atoms with Crippen LogP contribution in [0, 0.1) is 0 Å². The van der Waals surface area contributed by atoms with Crippen LogP contribution in [0.3, 0.4) is 0 Å². The van der Waals surface area contributed by atoms with Gasteiger partial charge in [0.15, 0.2) is 5.96 Å². The minimum atomic E-state index is 0.291. The molecule has 23 heavy (non-hydrogen) atoms. The third kappa shape index (κ3) is 4.26. The van der Waals surface area contributed by atoms with Gasteiger partial charge < -0.3 is 20.4 Å². The molecule has 2 heterocycles. The number of nitrogens with one attached hydrogen (secondary N) is 3. The molecule has 1 saturated heterocycles. The summed E-state index contributed by atoms with van der Waals surface area (Å²) >= 11 is 0. The Hall–Kier alpha value is -2.01. The zero-order valence-corrected chi connectivity index (χ0v) is 13.8. The van der Waals surface area contributed by atoms with Crippen LogP contribution in [0.25, 0.3) is 10.9 Å². The van der Waals surface area contributed by atoms with Crippen LogP contribution in [0.2, 0.25) is 0 Å². The number of aromatic amines is 1. The van der Waals surface area contributed by atoms with E-state index < -0.39 is 0 Å². The Balaban J connectivity index is 1.53. The minimum Gasteiger partial charge on any atom is -0.376 e. The molecule has 124 valence electrons. The summed E-state index contributed by atoms with van der Waals surface area (Å²) in [7, 11) is 0. The molecule has 0 spiro atoms. The largest absolute Gasteiger partial charge is 0.376 e. The molecule has 5 heteroatoms. The molecular formula is C18H26N4O. The van der Waals surface area contributed by atoms with Gasteiger partial charge in [-0.25, -0.2) is 0 Å². The van der Waals surface area contributed by atoms with E-state index in [0.29, 0.717) is 6.10 Å². The molecule has 0 amide bonds. The Kier molecular flexibility index (Phi) is 5.53. The first-order valence-corrected chi connectivity index (χ1v) is 8.55. The Morgan fingerprint density at radius 2 is 2.26 bits per heavy atom. The van der Waals surface area contributed by atoms with Gasteiger partial charge in [-0.15, -0.1) is 0 Å². The van der Waals surface area contributed by atoms with Crippen LogP contribution >= 0.6 is 0 Å². The maximum atomic E-state index is 5.63. The predicted octanol–water partition coefficient (Wildman–Crippen LogP) is 2.44. The van der Waals surface area contributed by atoms with E-state index in [1.807, 2.05) is 0 Å². The van der Waals surface area contributed by atoms with Gasteiger partial charge in [-0.05, 0) is 37.8 Å². The highest BCUT2D eigenvalue weighted by Gasteiger charge is 2.14. The molecule has 1 aliphatic heterocycles. The summed E-state index contributed by atoms with van der Waals surface area (Å²) in [6.45, 7) is 5.43. The SMILES string of the molecule is CCNC(=NCC1CCCO1)NCCc1c[nH]c2ccccc12. The summed E-state index contributed by atoms with van der Waals surface area (Å²) in [5.74, 6) is 0.878. The summed E-state index contributed by atoms with van der Waals surface area (Å²) in [4.78, 5) is 7.96. The first kappa shape index (κ1) is 15.9. The highest BCUT2D eigenvalue weighted by molar-refractivity contribution is 5.83. The first-order valence-electron chi connectivity index (χ1n) is 8.55. The third-order valence-electron chi connectivity index (χ3n) is 4.18. The van der Waals surface area contributed by atoms with Crippen LogP contribution in [-0.4, -0.2) is 43.3 Å². The van der Waals surface area contributed by atoms with Gasteiger partial charge in [0.25, 0.3) is 0 Å². The predicted molar refractivity (Wildman–Crippen MR) is 95.0 cm³/mol. The number of rotatable bonds is 6. The summed E-state index contributed by atoms with van der Waals surface area (Å²) in [6, 6.07) is 8.42. The van der Waals surface area contributed by atoms with Gasteiger partial charge in [0.2, 0.25) is 0 Å². The fraction of sp³-hybridized carbons (Fsp3) is 0.500. The normalized spacial score (nSPS) is 18.5. The van der Waals surface area contributed by atoms with Crippen LogP contribution in [0.1, 0.15) is 25.3 Å². The van der Waals surface area contributed by atoms with E-state index in [-0.39, 0.29) is 0 Å². The smallest absolute Gasteiger partial charge is 0.191 e. The first-order chi connectivity index (χ1) is 11.4. The highest BCUT2D eigenvalue weighted by Crippen LogP contribution is 2.17. The second-order valence-electron chi connectivity index (χ2n) is 5.89. The number of aromatic nitrogens is 1. The molecule has 2 aromatic rings. The van der Waals surface area contributed by atoms with E-state index in [0.717, 1.165) is 51.5 Å². The number of guanidine groups is 1. The molecule has 1 fully saturated rings. The van der Waals surface area contributed by atoms with Gasteiger partial charge in [-0.2, -0.15) is 0 Å². The number of hydrogen-bond donors (Lipinski definition) is 3. The second-order valence-corrected chi connectivity index (χ2v) is 5.89. The lowest BCUT2D eigenvalue weighted by Crippen LogP contribution is -2.38. The highest BCUT2D eigenvalue weighted by atomic mass is 16.5. The summed E-state index contributed by atoms with van der Waals surface area (Å²) in [6.07, 6.45) is 5.64. The molecule has 3 N–H and O–H groups in total. The van der Waals surface area contributed by atoms with Crippen molar-refractivity contribution in [3.63, 3.8) is 0 Å². The lowest BCUT2D eigenvalue weighted by molar-refractivity contribution is 0.117. The molecule has 0 bridgehead atoms. The fourth-order valence-corrected chi connectivity index (χ4v) is 2.98. The Labute approximate surface area is 137 Å². The Morgan fingerprint density at radius 3 is 3.09 bits per heavy atom. The standard InChI is InChI=1S/C18H26N4O/c1-2-19-18(22-13-15-6-5-11-23-15)20-10-9-14-12-21-17-8-4-3-7-16(14)17/h3-4,7-8,12,15,21H,2,5-6,9-11,13H2,1H3,(H2,19,20,22). The molecule has 0 aliphatic carbocycles. The van der Waals surface area contributed by atoms with Crippen molar-refractivity contribution in [3.05, 3.63) is 36.0 Å². The number of fused-ring (bicyclic) bond motifs is 1. The van der Waals surface area contributed by atoms with Crippen LogP contribution in [0.5, 0.6) is 0 Å². The lowest BCUT2D eigenvalue weighted by atomic mass is 10.1. The topological polar surface area (TPSA) is 61.4 Å². The van der Waals surface area contributed by atoms with Gasteiger partial charge >= 0.3 is 0 Å². The van der Waals surface area contributed by atoms with E-state index in [2.05, 4.69) is 58.0 Å². The molecule has 1 aliphatic rings. The molecule has 1 unspecified atom stereocenters. The van der Waals surface area contributed by atoms with Crippen molar-refractivity contribution in [1.29, 1.82) is 0 Å².